The fourth-order valence-electron chi connectivity index (χ4n) is 3.15. The predicted molar refractivity (Wildman–Crippen MR) is 74.1 cm³/mol. The molecule has 1 N–H and O–H groups in total. The summed E-state index contributed by atoms with van der Waals surface area (Å²) in [5, 5.41) is 3.78. The van der Waals surface area contributed by atoms with Crippen molar-refractivity contribution in [3.8, 4) is 0 Å². The molecule has 1 aliphatic carbocycles. The summed E-state index contributed by atoms with van der Waals surface area (Å²) in [5.41, 5.74) is 2.84. The lowest BCUT2D eigenvalue weighted by atomic mass is 9.96. The quantitative estimate of drug-likeness (QED) is 0.818. The summed E-state index contributed by atoms with van der Waals surface area (Å²) in [4.78, 5) is 0. The van der Waals surface area contributed by atoms with Crippen LogP contribution in [0.15, 0.2) is 24.3 Å². The highest BCUT2D eigenvalue weighted by molar-refractivity contribution is 5.28. The van der Waals surface area contributed by atoms with Crippen LogP contribution in [0.25, 0.3) is 0 Å². The van der Waals surface area contributed by atoms with Crippen LogP contribution in [0.2, 0.25) is 0 Å². The van der Waals surface area contributed by atoms with Gasteiger partial charge in [-0.15, -0.1) is 0 Å². The van der Waals surface area contributed by atoms with Crippen LogP contribution in [0.1, 0.15) is 56.7 Å². The Balaban J connectivity index is 1.96. The zero-order valence-electron chi connectivity index (χ0n) is 11.4. The SMILES string of the molecule is Cc1ccccc1[C@H](C)NC(C)C1CCCC1. The third kappa shape index (κ3) is 3.10. The second kappa shape index (κ2) is 5.68. The minimum absolute atomic E-state index is 0.465. The fourth-order valence-corrected chi connectivity index (χ4v) is 3.15. The summed E-state index contributed by atoms with van der Waals surface area (Å²) in [6.07, 6.45) is 5.67. The molecule has 0 aliphatic heterocycles. The first-order chi connectivity index (χ1) is 8.18. The number of aryl methyl sites for hydroxylation is 1. The molecule has 2 atom stereocenters. The maximum absolute atomic E-state index is 3.78. The predicted octanol–water partition coefficient (Wildman–Crippen LogP) is 4.22. The maximum Gasteiger partial charge on any atom is 0.0296 e. The lowest BCUT2D eigenvalue weighted by molar-refractivity contribution is 0.352. The van der Waals surface area contributed by atoms with Crippen LogP contribution in [0, 0.1) is 12.8 Å². The summed E-state index contributed by atoms with van der Waals surface area (Å²) >= 11 is 0. The highest BCUT2D eigenvalue weighted by atomic mass is 14.9. The van der Waals surface area contributed by atoms with Crippen molar-refractivity contribution < 1.29 is 0 Å². The molecule has 1 aromatic rings. The van der Waals surface area contributed by atoms with Gasteiger partial charge in [-0.05, 0) is 50.7 Å². The molecule has 1 aromatic carbocycles. The summed E-state index contributed by atoms with van der Waals surface area (Å²) in [5.74, 6) is 0.890. The Morgan fingerprint density at radius 2 is 1.76 bits per heavy atom. The van der Waals surface area contributed by atoms with E-state index in [4.69, 9.17) is 0 Å². The van der Waals surface area contributed by atoms with Crippen molar-refractivity contribution in [2.24, 2.45) is 5.92 Å². The molecule has 2 rings (SSSR count). The fraction of sp³-hybridized carbons (Fsp3) is 0.625. The zero-order chi connectivity index (χ0) is 12.3. The van der Waals surface area contributed by atoms with E-state index in [1.807, 2.05) is 0 Å². The van der Waals surface area contributed by atoms with Crippen LogP contribution in [-0.4, -0.2) is 6.04 Å². The molecule has 0 bridgehead atoms. The van der Waals surface area contributed by atoms with Gasteiger partial charge in [0.25, 0.3) is 0 Å². The third-order valence-electron chi connectivity index (χ3n) is 4.27. The van der Waals surface area contributed by atoms with E-state index >= 15 is 0 Å². The lowest BCUT2D eigenvalue weighted by Crippen LogP contribution is -2.34. The molecule has 1 fully saturated rings. The minimum atomic E-state index is 0.465. The summed E-state index contributed by atoms with van der Waals surface area (Å²) in [7, 11) is 0. The van der Waals surface area contributed by atoms with E-state index in [0.29, 0.717) is 12.1 Å². The number of hydrogen-bond donors (Lipinski definition) is 1. The highest BCUT2D eigenvalue weighted by Crippen LogP contribution is 2.29. The van der Waals surface area contributed by atoms with Gasteiger partial charge in [0.1, 0.15) is 0 Å². The van der Waals surface area contributed by atoms with Gasteiger partial charge in [0.05, 0.1) is 0 Å². The average Bonchev–Trinajstić information content (AvgIpc) is 2.82. The number of rotatable bonds is 4. The van der Waals surface area contributed by atoms with Crippen LogP contribution >= 0.6 is 0 Å². The van der Waals surface area contributed by atoms with Crippen molar-refractivity contribution >= 4 is 0 Å². The first-order valence-electron chi connectivity index (χ1n) is 7.00. The van der Waals surface area contributed by atoms with E-state index < -0.39 is 0 Å². The molecule has 0 radical (unpaired) electrons. The van der Waals surface area contributed by atoms with Gasteiger partial charge in [0, 0.05) is 12.1 Å². The summed E-state index contributed by atoms with van der Waals surface area (Å²) in [6, 6.07) is 9.81. The highest BCUT2D eigenvalue weighted by Gasteiger charge is 2.22. The van der Waals surface area contributed by atoms with Crippen molar-refractivity contribution in [1.82, 2.24) is 5.32 Å². The van der Waals surface area contributed by atoms with E-state index in [1.165, 1.54) is 36.8 Å². The molecule has 1 heteroatoms. The molecule has 1 aliphatic rings. The van der Waals surface area contributed by atoms with E-state index in [2.05, 4.69) is 50.4 Å². The number of hydrogen-bond acceptors (Lipinski definition) is 1. The molecule has 0 aromatic heterocycles. The first kappa shape index (κ1) is 12.6. The van der Waals surface area contributed by atoms with Crippen molar-refractivity contribution in [1.29, 1.82) is 0 Å². The molecular weight excluding hydrogens is 206 g/mol. The Bertz CT molecular complexity index is 352. The Morgan fingerprint density at radius 3 is 2.41 bits per heavy atom. The van der Waals surface area contributed by atoms with Gasteiger partial charge in [-0.25, -0.2) is 0 Å². The monoisotopic (exact) mass is 231 g/mol. The zero-order valence-corrected chi connectivity index (χ0v) is 11.4. The van der Waals surface area contributed by atoms with Gasteiger partial charge in [0.2, 0.25) is 0 Å². The maximum atomic E-state index is 3.78. The molecule has 0 heterocycles. The second-order valence-electron chi connectivity index (χ2n) is 5.58. The first-order valence-corrected chi connectivity index (χ1v) is 7.00. The normalized spacial score (nSPS) is 20.4. The Labute approximate surface area is 106 Å². The van der Waals surface area contributed by atoms with Crippen molar-refractivity contribution in [3.63, 3.8) is 0 Å². The molecule has 17 heavy (non-hydrogen) atoms. The van der Waals surface area contributed by atoms with E-state index in [-0.39, 0.29) is 0 Å². The second-order valence-corrected chi connectivity index (χ2v) is 5.58. The molecule has 1 saturated carbocycles. The lowest BCUT2D eigenvalue weighted by Gasteiger charge is -2.26. The Kier molecular flexibility index (Phi) is 4.22. The molecule has 0 saturated heterocycles. The molecule has 94 valence electrons. The smallest absolute Gasteiger partial charge is 0.0296 e. The molecular formula is C16H25N. The summed E-state index contributed by atoms with van der Waals surface area (Å²) in [6.45, 7) is 6.84. The van der Waals surface area contributed by atoms with Crippen LogP contribution < -0.4 is 5.32 Å². The van der Waals surface area contributed by atoms with Crippen LogP contribution in [0.4, 0.5) is 0 Å². The van der Waals surface area contributed by atoms with Gasteiger partial charge in [-0.2, -0.15) is 0 Å². The third-order valence-corrected chi connectivity index (χ3v) is 4.27. The van der Waals surface area contributed by atoms with Crippen molar-refractivity contribution in [3.05, 3.63) is 35.4 Å². The number of nitrogens with one attached hydrogen (secondary N) is 1. The molecule has 1 nitrogen and oxygen atoms in total. The number of benzene rings is 1. The van der Waals surface area contributed by atoms with E-state index in [1.54, 1.807) is 0 Å². The van der Waals surface area contributed by atoms with Gasteiger partial charge in [-0.3, -0.25) is 0 Å². The van der Waals surface area contributed by atoms with E-state index in [9.17, 15) is 0 Å². The van der Waals surface area contributed by atoms with Gasteiger partial charge >= 0.3 is 0 Å². The molecule has 0 spiro atoms. The van der Waals surface area contributed by atoms with Crippen LogP contribution in [0.5, 0.6) is 0 Å². The molecule has 0 amide bonds. The van der Waals surface area contributed by atoms with E-state index in [0.717, 1.165) is 5.92 Å². The minimum Gasteiger partial charge on any atom is -0.307 e. The van der Waals surface area contributed by atoms with Crippen molar-refractivity contribution in [2.75, 3.05) is 0 Å². The van der Waals surface area contributed by atoms with Gasteiger partial charge in [0.15, 0.2) is 0 Å². The van der Waals surface area contributed by atoms with Crippen LogP contribution in [-0.2, 0) is 0 Å². The Morgan fingerprint density at radius 1 is 1.12 bits per heavy atom. The summed E-state index contributed by atoms with van der Waals surface area (Å²) < 4.78 is 0. The van der Waals surface area contributed by atoms with Gasteiger partial charge in [-0.1, -0.05) is 37.1 Å². The standard InChI is InChI=1S/C16H25N/c1-12-8-4-7-11-16(12)14(3)17-13(2)15-9-5-6-10-15/h4,7-8,11,13-15,17H,5-6,9-10H2,1-3H3/t13?,14-/m0/s1. The largest absolute Gasteiger partial charge is 0.307 e. The van der Waals surface area contributed by atoms with Crippen LogP contribution in [0.3, 0.4) is 0 Å². The average molecular weight is 231 g/mol. The van der Waals surface area contributed by atoms with Crippen molar-refractivity contribution in [2.45, 2.75) is 58.5 Å². The van der Waals surface area contributed by atoms with Gasteiger partial charge < -0.3 is 5.32 Å². The Hall–Kier alpha value is -0.820. The molecule has 1 unspecified atom stereocenters. The topological polar surface area (TPSA) is 12.0 Å².